The van der Waals surface area contributed by atoms with Gasteiger partial charge in [0.1, 0.15) is 12.1 Å². The van der Waals surface area contributed by atoms with Gasteiger partial charge in [0.15, 0.2) is 0 Å². The van der Waals surface area contributed by atoms with Gasteiger partial charge in [-0.05, 0) is 71.1 Å². The Bertz CT molecular complexity index is 797. The fourth-order valence-corrected chi connectivity index (χ4v) is 6.83. The van der Waals surface area contributed by atoms with Crippen LogP contribution in [0.3, 0.4) is 0 Å². The van der Waals surface area contributed by atoms with Crippen LogP contribution in [0.4, 0.5) is 4.79 Å². The molecular formula is C23H35N3O6. The van der Waals surface area contributed by atoms with Gasteiger partial charge in [-0.2, -0.15) is 0 Å². The lowest BCUT2D eigenvalue weighted by Gasteiger charge is -2.60. The maximum Gasteiger partial charge on any atom is 0.408 e. The van der Waals surface area contributed by atoms with Crippen molar-refractivity contribution in [2.45, 2.75) is 64.9 Å². The quantitative estimate of drug-likeness (QED) is 0.677. The molecule has 5 aliphatic rings. The molecule has 32 heavy (non-hydrogen) atoms. The minimum absolute atomic E-state index is 0.0798. The highest BCUT2D eigenvalue weighted by Gasteiger charge is 2.64. The zero-order chi connectivity index (χ0) is 23.3. The SMILES string of the molecule is CC(C)(C)OC(=O)NCC(=O)N1CCN(C(=O)C23CC4CC(CC(C(=O)O)(C4)C2)C3)CC1. The average molecular weight is 450 g/mol. The molecule has 0 spiro atoms. The first-order chi connectivity index (χ1) is 14.9. The lowest BCUT2D eigenvalue weighted by Crippen LogP contribution is -2.62. The van der Waals surface area contributed by atoms with E-state index in [0.717, 1.165) is 19.3 Å². The molecule has 4 bridgehead atoms. The molecule has 4 saturated carbocycles. The Hall–Kier alpha value is -2.32. The molecule has 9 heteroatoms. The number of nitrogens with zero attached hydrogens (tertiary/aromatic N) is 2. The molecule has 0 aromatic carbocycles. The highest BCUT2D eigenvalue weighted by atomic mass is 16.6. The Balaban J connectivity index is 1.32. The molecule has 2 atom stereocenters. The molecule has 0 aromatic heterocycles. The maximum absolute atomic E-state index is 13.6. The number of carbonyl (C=O) groups is 4. The van der Waals surface area contributed by atoms with E-state index in [1.807, 2.05) is 4.90 Å². The van der Waals surface area contributed by atoms with Crippen molar-refractivity contribution in [1.82, 2.24) is 15.1 Å². The number of piperazine rings is 1. The Labute approximate surface area is 188 Å². The van der Waals surface area contributed by atoms with Crippen LogP contribution in [0, 0.1) is 22.7 Å². The molecule has 5 fully saturated rings. The second-order valence-corrected chi connectivity index (χ2v) is 11.4. The number of carboxylic acid groups (broad SMARTS) is 1. The topological polar surface area (TPSA) is 116 Å². The molecule has 3 amide bonds. The van der Waals surface area contributed by atoms with E-state index in [0.29, 0.717) is 57.3 Å². The number of alkyl carbamates (subject to hydrolysis) is 1. The van der Waals surface area contributed by atoms with Crippen LogP contribution < -0.4 is 5.32 Å². The second kappa shape index (κ2) is 7.92. The van der Waals surface area contributed by atoms with Crippen LogP contribution in [0.5, 0.6) is 0 Å². The van der Waals surface area contributed by atoms with Gasteiger partial charge >= 0.3 is 12.1 Å². The number of carboxylic acids is 1. The summed E-state index contributed by atoms with van der Waals surface area (Å²) in [5.41, 5.74) is -1.91. The summed E-state index contributed by atoms with van der Waals surface area (Å²) in [7, 11) is 0. The van der Waals surface area contributed by atoms with Gasteiger partial charge in [-0.3, -0.25) is 14.4 Å². The number of carbonyl (C=O) groups excluding carboxylic acids is 3. The Morgan fingerprint density at radius 3 is 2.00 bits per heavy atom. The van der Waals surface area contributed by atoms with Crippen LogP contribution >= 0.6 is 0 Å². The van der Waals surface area contributed by atoms with Gasteiger partial charge in [0, 0.05) is 26.2 Å². The molecule has 1 heterocycles. The van der Waals surface area contributed by atoms with Gasteiger partial charge in [0.25, 0.3) is 0 Å². The zero-order valence-electron chi connectivity index (χ0n) is 19.3. The molecule has 2 N–H and O–H groups in total. The third kappa shape index (κ3) is 4.30. The molecule has 2 unspecified atom stereocenters. The van der Waals surface area contributed by atoms with Gasteiger partial charge in [0.2, 0.25) is 11.8 Å². The zero-order valence-corrected chi connectivity index (χ0v) is 19.3. The van der Waals surface area contributed by atoms with Gasteiger partial charge in [-0.15, -0.1) is 0 Å². The number of amides is 3. The maximum atomic E-state index is 13.6. The summed E-state index contributed by atoms with van der Waals surface area (Å²) in [6, 6.07) is 0. The van der Waals surface area contributed by atoms with Crippen LogP contribution in [0.2, 0.25) is 0 Å². The van der Waals surface area contributed by atoms with Gasteiger partial charge in [-0.1, -0.05) is 0 Å². The first-order valence-corrected chi connectivity index (χ1v) is 11.7. The normalized spacial score (nSPS) is 33.7. The summed E-state index contributed by atoms with van der Waals surface area (Å²) >= 11 is 0. The molecule has 178 valence electrons. The molecule has 5 rings (SSSR count). The predicted octanol–water partition coefficient (Wildman–Crippen LogP) is 1.85. The van der Waals surface area contributed by atoms with E-state index in [9.17, 15) is 24.3 Å². The Kier molecular flexibility index (Phi) is 5.66. The molecule has 0 aromatic rings. The summed E-state index contributed by atoms with van der Waals surface area (Å²) in [6.45, 7) is 6.83. The molecule has 4 aliphatic carbocycles. The Morgan fingerprint density at radius 1 is 0.938 bits per heavy atom. The van der Waals surface area contributed by atoms with E-state index < -0.39 is 28.5 Å². The number of ether oxygens (including phenoxy) is 1. The summed E-state index contributed by atoms with van der Waals surface area (Å²) in [4.78, 5) is 53.4. The minimum Gasteiger partial charge on any atom is -0.481 e. The van der Waals surface area contributed by atoms with Crippen molar-refractivity contribution in [2.24, 2.45) is 22.7 Å². The van der Waals surface area contributed by atoms with Crippen molar-refractivity contribution in [3.63, 3.8) is 0 Å². The van der Waals surface area contributed by atoms with Crippen molar-refractivity contribution in [3.05, 3.63) is 0 Å². The van der Waals surface area contributed by atoms with Crippen LogP contribution in [-0.2, 0) is 19.1 Å². The van der Waals surface area contributed by atoms with Crippen molar-refractivity contribution in [2.75, 3.05) is 32.7 Å². The van der Waals surface area contributed by atoms with Crippen LogP contribution in [0.25, 0.3) is 0 Å². The summed E-state index contributed by atoms with van der Waals surface area (Å²) in [5, 5.41) is 12.4. The van der Waals surface area contributed by atoms with E-state index in [1.165, 1.54) is 0 Å². The summed E-state index contributed by atoms with van der Waals surface area (Å²) in [5.74, 6) is -0.202. The molecule has 9 nitrogen and oxygen atoms in total. The fourth-order valence-electron chi connectivity index (χ4n) is 6.83. The molecular weight excluding hydrogens is 414 g/mol. The largest absolute Gasteiger partial charge is 0.481 e. The van der Waals surface area contributed by atoms with Crippen molar-refractivity contribution >= 4 is 23.9 Å². The fraction of sp³-hybridized carbons (Fsp3) is 0.826. The monoisotopic (exact) mass is 449 g/mol. The highest BCUT2D eigenvalue weighted by molar-refractivity contribution is 5.86. The van der Waals surface area contributed by atoms with Gasteiger partial charge in [0.05, 0.1) is 10.8 Å². The lowest BCUT2D eigenvalue weighted by molar-refractivity contribution is -0.184. The average Bonchev–Trinajstić information content (AvgIpc) is 2.69. The number of nitrogens with one attached hydrogen (secondary N) is 1. The van der Waals surface area contributed by atoms with Crippen molar-refractivity contribution in [3.8, 4) is 0 Å². The molecule has 1 aliphatic heterocycles. The van der Waals surface area contributed by atoms with Crippen LogP contribution in [-0.4, -0.2) is 77.1 Å². The predicted molar refractivity (Wildman–Crippen MR) is 115 cm³/mol. The molecule has 1 saturated heterocycles. The lowest BCUT2D eigenvalue weighted by atomic mass is 9.44. The third-order valence-electron chi connectivity index (χ3n) is 7.67. The number of hydrogen-bond donors (Lipinski definition) is 2. The van der Waals surface area contributed by atoms with E-state index in [4.69, 9.17) is 4.74 Å². The minimum atomic E-state index is -0.739. The van der Waals surface area contributed by atoms with Crippen LogP contribution in [0.1, 0.15) is 59.3 Å². The smallest absolute Gasteiger partial charge is 0.408 e. The first-order valence-electron chi connectivity index (χ1n) is 11.7. The number of aliphatic carboxylic acids is 1. The van der Waals surface area contributed by atoms with Crippen molar-refractivity contribution in [1.29, 1.82) is 0 Å². The van der Waals surface area contributed by atoms with E-state index >= 15 is 0 Å². The second-order valence-electron chi connectivity index (χ2n) is 11.4. The number of hydrogen-bond acceptors (Lipinski definition) is 5. The third-order valence-corrected chi connectivity index (χ3v) is 7.67. The van der Waals surface area contributed by atoms with Crippen LogP contribution in [0.15, 0.2) is 0 Å². The van der Waals surface area contributed by atoms with Gasteiger partial charge < -0.3 is 25.0 Å². The summed E-state index contributed by atoms with van der Waals surface area (Å²) < 4.78 is 5.15. The molecule has 0 radical (unpaired) electrons. The van der Waals surface area contributed by atoms with Crippen molar-refractivity contribution < 1.29 is 29.0 Å². The first kappa shape index (κ1) is 22.9. The van der Waals surface area contributed by atoms with E-state index in [1.54, 1.807) is 25.7 Å². The Morgan fingerprint density at radius 2 is 1.47 bits per heavy atom. The van der Waals surface area contributed by atoms with Gasteiger partial charge in [-0.25, -0.2) is 4.79 Å². The summed E-state index contributed by atoms with van der Waals surface area (Å²) in [6.07, 6.45) is 3.90. The standard InChI is InChI=1S/C23H35N3O6/c1-21(2,3)32-20(31)24-13-17(27)25-4-6-26(7-5-25)18(28)22-9-15-8-16(10-22)12-23(11-15,14-22)19(29)30/h15-16H,4-14H2,1-3H3,(H,24,31)(H,29,30). The number of rotatable bonds is 4. The highest BCUT2D eigenvalue weighted by Crippen LogP contribution is 2.65. The van der Waals surface area contributed by atoms with E-state index in [-0.39, 0.29) is 18.4 Å². The van der Waals surface area contributed by atoms with E-state index in [2.05, 4.69) is 5.32 Å².